The van der Waals surface area contributed by atoms with Crippen molar-refractivity contribution in [3.8, 4) is 5.75 Å². The minimum Gasteiger partial charge on any atom is -0.507 e. The maximum Gasteiger partial charge on any atom is 0.257 e. The molecule has 1 saturated heterocycles. The second-order valence-corrected chi connectivity index (χ2v) is 8.64. The fourth-order valence-corrected chi connectivity index (χ4v) is 4.15. The van der Waals surface area contributed by atoms with Gasteiger partial charge in [-0.15, -0.1) is 0 Å². The number of benzene rings is 3. The molecular weight excluding hydrogens is 454 g/mol. The lowest BCUT2D eigenvalue weighted by atomic mass is 9.88. The molecule has 0 radical (unpaired) electrons. The Morgan fingerprint density at radius 2 is 1.51 bits per heavy atom. The first-order valence-corrected chi connectivity index (χ1v) is 11.2. The zero-order valence-electron chi connectivity index (χ0n) is 19.1. The summed E-state index contributed by atoms with van der Waals surface area (Å²) in [5.41, 5.74) is 1.75. The summed E-state index contributed by atoms with van der Waals surface area (Å²) in [6, 6.07) is 13.9. The molecule has 180 valence electrons. The molecule has 2 N–H and O–H groups in total. The Bertz CT molecular complexity index is 1260. The molecule has 1 heterocycles. The van der Waals surface area contributed by atoms with E-state index in [1.807, 2.05) is 31.2 Å². The van der Waals surface area contributed by atoms with Crippen LogP contribution in [0.4, 0.5) is 14.5 Å². The second-order valence-electron chi connectivity index (χ2n) is 8.64. The molecule has 0 saturated carbocycles. The van der Waals surface area contributed by atoms with Gasteiger partial charge in [-0.3, -0.25) is 14.4 Å². The minimum atomic E-state index is -0.886. The minimum absolute atomic E-state index is 0.0584. The molecule has 0 unspecified atom stereocenters. The molecule has 3 aromatic rings. The normalized spacial score (nSPS) is 14.0. The summed E-state index contributed by atoms with van der Waals surface area (Å²) in [4.78, 5) is 39.6. The maximum atomic E-state index is 13.4. The third-order valence-electron chi connectivity index (χ3n) is 6.10. The highest BCUT2D eigenvalue weighted by Gasteiger charge is 2.29. The van der Waals surface area contributed by atoms with Gasteiger partial charge in [0.25, 0.3) is 11.8 Å². The molecule has 1 aliphatic rings. The van der Waals surface area contributed by atoms with Crippen LogP contribution in [0.2, 0.25) is 0 Å². The van der Waals surface area contributed by atoms with E-state index in [9.17, 15) is 28.3 Å². The van der Waals surface area contributed by atoms with Crippen LogP contribution in [0, 0.1) is 24.5 Å². The number of phenolic OH excluding ortho intramolecular Hbond substituents is 1. The van der Waals surface area contributed by atoms with Crippen LogP contribution in [0.15, 0.2) is 60.7 Å². The number of Topliss-reactive ketones (excluding diaryl/α,β-unsaturated/α-hetero) is 1. The van der Waals surface area contributed by atoms with E-state index in [-0.39, 0.29) is 40.2 Å². The third kappa shape index (κ3) is 5.54. The number of aryl methyl sites for hydroxylation is 1. The Balaban J connectivity index is 1.38. The van der Waals surface area contributed by atoms with E-state index in [4.69, 9.17) is 0 Å². The third-order valence-corrected chi connectivity index (χ3v) is 6.10. The number of phenols is 1. The summed E-state index contributed by atoms with van der Waals surface area (Å²) in [6.07, 6.45) is 1.05. The number of hydrogen-bond acceptors (Lipinski definition) is 4. The molecule has 6 nitrogen and oxygen atoms in total. The van der Waals surface area contributed by atoms with Crippen LogP contribution in [0.3, 0.4) is 0 Å². The van der Waals surface area contributed by atoms with Gasteiger partial charge in [0, 0.05) is 48.0 Å². The van der Waals surface area contributed by atoms with E-state index in [0.717, 1.165) is 17.7 Å². The number of piperidine rings is 1. The second kappa shape index (κ2) is 10.0. The molecule has 8 heteroatoms. The van der Waals surface area contributed by atoms with Crippen LogP contribution in [-0.2, 0) is 0 Å². The van der Waals surface area contributed by atoms with Crippen molar-refractivity contribution in [2.75, 3.05) is 18.4 Å². The fourth-order valence-electron chi connectivity index (χ4n) is 4.15. The summed E-state index contributed by atoms with van der Waals surface area (Å²) in [5.74, 6) is -3.35. The summed E-state index contributed by atoms with van der Waals surface area (Å²) in [7, 11) is 0. The van der Waals surface area contributed by atoms with E-state index >= 15 is 0 Å². The number of halogens is 2. The quantitative estimate of drug-likeness (QED) is 0.507. The lowest BCUT2D eigenvalue weighted by molar-refractivity contribution is 0.0648. The van der Waals surface area contributed by atoms with Crippen LogP contribution < -0.4 is 5.32 Å². The average Bonchev–Trinajstić information content (AvgIpc) is 2.83. The number of carbonyl (C=O) groups excluding carboxylic acids is 3. The highest BCUT2D eigenvalue weighted by Crippen LogP contribution is 2.27. The van der Waals surface area contributed by atoms with Gasteiger partial charge >= 0.3 is 0 Å². The summed E-state index contributed by atoms with van der Waals surface area (Å²) >= 11 is 0. The zero-order valence-corrected chi connectivity index (χ0v) is 19.1. The van der Waals surface area contributed by atoms with Gasteiger partial charge in [-0.1, -0.05) is 29.8 Å². The van der Waals surface area contributed by atoms with E-state index in [2.05, 4.69) is 5.32 Å². The topological polar surface area (TPSA) is 86.7 Å². The molecule has 0 aromatic heterocycles. The number of aromatic hydroxyl groups is 1. The number of ketones is 1. The highest BCUT2D eigenvalue weighted by molar-refractivity contribution is 6.05. The number of likely N-dealkylation sites (tertiary alicyclic amines) is 1. The first-order valence-electron chi connectivity index (χ1n) is 11.2. The van der Waals surface area contributed by atoms with Gasteiger partial charge in [0.1, 0.15) is 17.4 Å². The molecule has 0 spiro atoms. The van der Waals surface area contributed by atoms with Gasteiger partial charge in [0.15, 0.2) is 5.78 Å². The molecular formula is C27H24F2N2O4. The van der Waals surface area contributed by atoms with Gasteiger partial charge < -0.3 is 15.3 Å². The van der Waals surface area contributed by atoms with Crippen molar-refractivity contribution in [1.82, 2.24) is 4.90 Å². The summed E-state index contributed by atoms with van der Waals surface area (Å²) in [5, 5.41) is 12.8. The van der Waals surface area contributed by atoms with Crippen molar-refractivity contribution >= 4 is 23.3 Å². The number of rotatable bonds is 5. The SMILES string of the molecule is Cc1ccc(C(=O)C2CCN(C(=O)c3ccc(NC(=O)c4cc(F)cc(F)c4)cc3O)CC2)cc1. The van der Waals surface area contributed by atoms with Gasteiger partial charge in [0.05, 0.1) is 5.56 Å². The molecule has 3 aromatic carbocycles. The number of anilines is 1. The van der Waals surface area contributed by atoms with E-state index < -0.39 is 17.5 Å². The maximum absolute atomic E-state index is 13.4. The molecule has 0 aliphatic carbocycles. The van der Waals surface area contributed by atoms with E-state index in [1.165, 1.54) is 18.2 Å². The Kier molecular flexibility index (Phi) is 6.91. The van der Waals surface area contributed by atoms with E-state index in [0.29, 0.717) is 37.6 Å². The average molecular weight is 478 g/mol. The smallest absolute Gasteiger partial charge is 0.257 e. The van der Waals surface area contributed by atoms with Crippen molar-refractivity contribution in [2.24, 2.45) is 5.92 Å². The lowest BCUT2D eigenvalue weighted by Crippen LogP contribution is -2.40. The van der Waals surface area contributed by atoms with Gasteiger partial charge in [-0.2, -0.15) is 0 Å². The van der Waals surface area contributed by atoms with Crippen molar-refractivity contribution < 1.29 is 28.3 Å². The van der Waals surface area contributed by atoms with Gasteiger partial charge in [-0.05, 0) is 44.0 Å². The van der Waals surface area contributed by atoms with Crippen LogP contribution in [0.1, 0.15) is 49.5 Å². The molecule has 1 fully saturated rings. The van der Waals surface area contributed by atoms with Crippen molar-refractivity contribution in [2.45, 2.75) is 19.8 Å². The van der Waals surface area contributed by atoms with Crippen LogP contribution in [0.25, 0.3) is 0 Å². The summed E-state index contributed by atoms with van der Waals surface area (Å²) < 4.78 is 26.7. The molecule has 0 bridgehead atoms. The molecule has 2 amide bonds. The molecule has 4 rings (SSSR count). The van der Waals surface area contributed by atoms with Crippen molar-refractivity contribution in [3.05, 3.63) is 94.6 Å². The lowest BCUT2D eigenvalue weighted by Gasteiger charge is -2.31. The van der Waals surface area contributed by atoms with Crippen LogP contribution in [0.5, 0.6) is 5.75 Å². The predicted octanol–water partition coefficient (Wildman–Crippen LogP) is 4.97. The van der Waals surface area contributed by atoms with Crippen LogP contribution >= 0.6 is 0 Å². The predicted molar refractivity (Wildman–Crippen MR) is 127 cm³/mol. The molecule has 1 aliphatic heterocycles. The zero-order chi connectivity index (χ0) is 25.1. The highest BCUT2D eigenvalue weighted by atomic mass is 19.1. The number of nitrogens with zero attached hydrogens (tertiary/aromatic N) is 1. The Hall–Kier alpha value is -4.07. The monoisotopic (exact) mass is 478 g/mol. The van der Waals surface area contributed by atoms with Crippen molar-refractivity contribution in [1.29, 1.82) is 0 Å². The Morgan fingerprint density at radius 3 is 2.11 bits per heavy atom. The standard InChI is InChI=1S/C27H24F2N2O4/c1-16-2-4-17(5-3-16)25(33)18-8-10-31(11-9-18)27(35)23-7-6-22(15-24(23)32)30-26(34)19-12-20(28)14-21(29)13-19/h2-7,12-15,18,32H,8-11H2,1H3,(H,30,34). The number of carbonyl (C=O) groups is 3. The molecule has 0 atom stereocenters. The first kappa shape index (κ1) is 24.1. The fraction of sp³-hybridized carbons (Fsp3) is 0.222. The van der Waals surface area contributed by atoms with Crippen LogP contribution in [-0.4, -0.2) is 40.7 Å². The number of amides is 2. The number of nitrogens with one attached hydrogen (secondary N) is 1. The Labute approximate surface area is 201 Å². The summed E-state index contributed by atoms with van der Waals surface area (Å²) in [6.45, 7) is 2.72. The van der Waals surface area contributed by atoms with Crippen molar-refractivity contribution in [3.63, 3.8) is 0 Å². The van der Waals surface area contributed by atoms with Gasteiger partial charge in [-0.25, -0.2) is 8.78 Å². The van der Waals surface area contributed by atoms with E-state index in [1.54, 1.807) is 4.90 Å². The molecule has 35 heavy (non-hydrogen) atoms. The van der Waals surface area contributed by atoms with Gasteiger partial charge in [0.2, 0.25) is 0 Å². The largest absolute Gasteiger partial charge is 0.507 e. The Morgan fingerprint density at radius 1 is 0.886 bits per heavy atom. The first-order chi connectivity index (χ1) is 16.7. The number of hydrogen-bond donors (Lipinski definition) is 2.